The van der Waals surface area contributed by atoms with Crippen LogP contribution < -0.4 is 0 Å². The van der Waals surface area contributed by atoms with Crippen LogP contribution in [0.1, 0.15) is 21.7 Å². The molecular formula is C18H13BrF4N2O3. The van der Waals surface area contributed by atoms with E-state index >= 15 is 0 Å². The number of rotatable bonds is 6. The molecule has 0 unspecified atom stereocenters. The highest BCUT2D eigenvalue weighted by Crippen LogP contribution is 2.28. The zero-order valence-electron chi connectivity index (χ0n) is 14.4. The summed E-state index contributed by atoms with van der Waals surface area (Å²) in [5.41, 5.74) is -0.909. The van der Waals surface area contributed by atoms with Crippen molar-refractivity contribution in [3.05, 3.63) is 62.9 Å². The standard InChI is InChI=1S/C18H13BrF4N2O3/c1-28-3-2-25-13-5-8(18(26)27)4-12(21)17(13)24-14(25)6-9-11(20)7-10(19)16(23)15(9)22/h4-5,7H,2-3,6H2,1H3,(H,26,27). The van der Waals surface area contributed by atoms with Crippen LogP contribution in [-0.4, -0.2) is 34.3 Å². The molecule has 2 aromatic carbocycles. The summed E-state index contributed by atoms with van der Waals surface area (Å²) >= 11 is 2.73. The molecule has 0 amide bonds. The Kier molecular flexibility index (Phi) is 5.71. The van der Waals surface area contributed by atoms with Crippen LogP contribution in [0.15, 0.2) is 22.7 Å². The molecule has 0 saturated carbocycles. The molecule has 0 spiro atoms. The number of carbonyl (C=O) groups is 1. The van der Waals surface area contributed by atoms with Gasteiger partial charge in [-0.2, -0.15) is 0 Å². The van der Waals surface area contributed by atoms with Gasteiger partial charge < -0.3 is 14.4 Å². The average Bonchev–Trinajstić information content (AvgIpc) is 2.99. The lowest BCUT2D eigenvalue weighted by molar-refractivity contribution is 0.0696. The van der Waals surface area contributed by atoms with E-state index in [-0.39, 0.29) is 40.0 Å². The van der Waals surface area contributed by atoms with Crippen molar-refractivity contribution in [3.8, 4) is 0 Å². The van der Waals surface area contributed by atoms with Crippen LogP contribution in [0, 0.1) is 23.3 Å². The van der Waals surface area contributed by atoms with Gasteiger partial charge in [0.25, 0.3) is 0 Å². The van der Waals surface area contributed by atoms with Crippen molar-refractivity contribution in [2.45, 2.75) is 13.0 Å². The molecule has 0 fully saturated rings. The van der Waals surface area contributed by atoms with E-state index in [2.05, 4.69) is 20.9 Å². The van der Waals surface area contributed by atoms with Gasteiger partial charge in [0.1, 0.15) is 17.2 Å². The number of methoxy groups -OCH3 is 1. The molecule has 1 heterocycles. The second kappa shape index (κ2) is 7.88. The Morgan fingerprint density at radius 2 is 1.89 bits per heavy atom. The fraction of sp³-hybridized carbons (Fsp3) is 0.222. The van der Waals surface area contributed by atoms with E-state index in [0.29, 0.717) is 0 Å². The summed E-state index contributed by atoms with van der Waals surface area (Å²) in [6, 6.07) is 2.81. The molecule has 0 atom stereocenters. The number of benzene rings is 2. The van der Waals surface area contributed by atoms with Gasteiger partial charge in [-0.25, -0.2) is 27.3 Å². The fourth-order valence-electron chi connectivity index (χ4n) is 2.84. The van der Waals surface area contributed by atoms with Crippen LogP contribution in [0.25, 0.3) is 11.0 Å². The fourth-order valence-corrected chi connectivity index (χ4v) is 3.22. The monoisotopic (exact) mass is 460 g/mol. The summed E-state index contributed by atoms with van der Waals surface area (Å²) in [5, 5.41) is 9.14. The molecule has 0 bridgehead atoms. The molecule has 148 valence electrons. The van der Waals surface area contributed by atoms with Gasteiger partial charge in [0.15, 0.2) is 17.5 Å². The van der Waals surface area contributed by atoms with Crippen LogP contribution in [0.3, 0.4) is 0 Å². The lowest BCUT2D eigenvalue weighted by atomic mass is 10.1. The van der Waals surface area contributed by atoms with Crippen molar-refractivity contribution < 1.29 is 32.2 Å². The quantitative estimate of drug-likeness (QED) is 0.338. The number of hydrogen-bond acceptors (Lipinski definition) is 3. The van der Waals surface area contributed by atoms with E-state index < -0.39 is 41.2 Å². The molecule has 3 rings (SSSR count). The van der Waals surface area contributed by atoms with Crippen molar-refractivity contribution in [1.29, 1.82) is 0 Å². The number of aromatic carboxylic acids is 1. The van der Waals surface area contributed by atoms with E-state index in [4.69, 9.17) is 9.84 Å². The molecule has 0 aliphatic carbocycles. The first-order valence-corrected chi connectivity index (χ1v) is 8.76. The predicted molar refractivity (Wildman–Crippen MR) is 95.3 cm³/mol. The number of halogens is 5. The number of aromatic nitrogens is 2. The van der Waals surface area contributed by atoms with Gasteiger partial charge in [-0.05, 0) is 34.1 Å². The summed E-state index contributed by atoms with van der Waals surface area (Å²) in [4.78, 5) is 15.3. The molecule has 1 aromatic heterocycles. The van der Waals surface area contributed by atoms with Gasteiger partial charge in [0, 0.05) is 25.6 Å². The number of imidazole rings is 1. The Hall–Kier alpha value is -2.46. The maximum absolute atomic E-state index is 14.4. The van der Waals surface area contributed by atoms with Crippen molar-refractivity contribution >= 4 is 32.9 Å². The van der Waals surface area contributed by atoms with E-state index in [9.17, 15) is 22.4 Å². The van der Waals surface area contributed by atoms with Crippen LogP contribution in [0.4, 0.5) is 17.6 Å². The highest BCUT2D eigenvalue weighted by molar-refractivity contribution is 9.10. The van der Waals surface area contributed by atoms with Crippen molar-refractivity contribution in [3.63, 3.8) is 0 Å². The van der Waals surface area contributed by atoms with E-state index in [1.807, 2.05) is 0 Å². The summed E-state index contributed by atoms with van der Waals surface area (Å²) in [7, 11) is 1.42. The zero-order valence-corrected chi connectivity index (χ0v) is 16.0. The summed E-state index contributed by atoms with van der Waals surface area (Å²) < 4.78 is 62.7. The summed E-state index contributed by atoms with van der Waals surface area (Å²) in [6.45, 7) is 0.268. The van der Waals surface area contributed by atoms with Gasteiger partial charge in [0.2, 0.25) is 0 Å². The van der Waals surface area contributed by atoms with E-state index in [0.717, 1.165) is 12.1 Å². The minimum absolute atomic E-state index is 0.0352. The minimum Gasteiger partial charge on any atom is -0.478 e. The van der Waals surface area contributed by atoms with Gasteiger partial charge in [-0.1, -0.05) is 0 Å². The number of ether oxygens (including phenoxy) is 1. The molecule has 0 aliphatic heterocycles. The van der Waals surface area contributed by atoms with Gasteiger partial charge >= 0.3 is 5.97 Å². The Morgan fingerprint density at radius 3 is 2.54 bits per heavy atom. The van der Waals surface area contributed by atoms with Crippen molar-refractivity contribution in [2.24, 2.45) is 0 Å². The third kappa shape index (κ3) is 3.61. The third-order valence-corrected chi connectivity index (χ3v) is 4.77. The van der Waals surface area contributed by atoms with Crippen LogP contribution in [0.5, 0.6) is 0 Å². The molecule has 28 heavy (non-hydrogen) atoms. The highest BCUT2D eigenvalue weighted by Gasteiger charge is 2.22. The highest BCUT2D eigenvalue weighted by atomic mass is 79.9. The van der Waals surface area contributed by atoms with E-state index in [1.165, 1.54) is 17.7 Å². The second-order valence-electron chi connectivity index (χ2n) is 5.93. The summed E-state index contributed by atoms with van der Waals surface area (Å²) in [5.74, 6) is -5.83. The smallest absolute Gasteiger partial charge is 0.335 e. The normalized spacial score (nSPS) is 11.4. The lowest BCUT2D eigenvalue weighted by Crippen LogP contribution is -2.11. The SMILES string of the molecule is COCCn1c(Cc2c(F)cc(Br)c(F)c2F)nc2c(F)cc(C(=O)O)cc21. The van der Waals surface area contributed by atoms with Gasteiger partial charge in [-0.15, -0.1) is 0 Å². The number of carboxylic acids is 1. The molecule has 0 saturated heterocycles. The second-order valence-corrected chi connectivity index (χ2v) is 6.78. The van der Waals surface area contributed by atoms with Crippen molar-refractivity contribution in [1.82, 2.24) is 9.55 Å². The van der Waals surface area contributed by atoms with Crippen LogP contribution >= 0.6 is 15.9 Å². The lowest BCUT2D eigenvalue weighted by Gasteiger charge is -2.11. The summed E-state index contributed by atoms with van der Waals surface area (Å²) in [6.07, 6.45) is -0.470. The maximum Gasteiger partial charge on any atom is 0.335 e. The number of carboxylic acid groups (broad SMARTS) is 1. The Labute approximate surface area is 164 Å². The zero-order chi connectivity index (χ0) is 20.6. The predicted octanol–water partition coefficient (Wildman–Crippen LogP) is 4.29. The topological polar surface area (TPSA) is 64.4 Å². The Bertz CT molecular complexity index is 1080. The minimum atomic E-state index is -1.39. The molecule has 3 aromatic rings. The first-order valence-electron chi connectivity index (χ1n) is 7.97. The molecule has 0 radical (unpaired) electrons. The number of hydrogen-bond donors (Lipinski definition) is 1. The molecule has 10 heteroatoms. The number of fused-ring (bicyclic) bond motifs is 1. The van der Waals surface area contributed by atoms with Gasteiger partial charge in [0.05, 0.1) is 22.2 Å². The van der Waals surface area contributed by atoms with Crippen molar-refractivity contribution in [2.75, 3.05) is 13.7 Å². The Morgan fingerprint density at radius 1 is 1.18 bits per heavy atom. The molecule has 5 nitrogen and oxygen atoms in total. The maximum atomic E-state index is 14.4. The number of nitrogens with zero attached hydrogens (tertiary/aromatic N) is 2. The van der Waals surface area contributed by atoms with E-state index in [1.54, 1.807) is 0 Å². The third-order valence-electron chi connectivity index (χ3n) is 4.20. The first-order chi connectivity index (χ1) is 13.2. The molecular weight excluding hydrogens is 448 g/mol. The molecule has 0 aliphatic rings. The molecule has 1 N–H and O–H groups in total. The van der Waals surface area contributed by atoms with Crippen LogP contribution in [0.2, 0.25) is 0 Å². The Balaban J connectivity index is 2.19. The largest absolute Gasteiger partial charge is 0.478 e. The van der Waals surface area contributed by atoms with Crippen LogP contribution in [-0.2, 0) is 17.7 Å². The first kappa shape index (κ1) is 20.3. The average molecular weight is 461 g/mol. The van der Waals surface area contributed by atoms with Gasteiger partial charge in [-0.3, -0.25) is 0 Å².